The summed E-state index contributed by atoms with van der Waals surface area (Å²) >= 11 is 3.43. The number of nitrogens with zero attached hydrogens (tertiary/aromatic N) is 1. The highest BCUT2D eigenvalue weighted by molar-refractivity contribution is 9.10. The van der Waals surface area contributed by atoms with Gasteiger partial charge in [0, 0.05) is 12.3 Å². The van der Waals surface area contributed by atoms with Gasteiger partial charge in [0.15, 0.2) is 11.5 Å². The number of aliphatic imine (C=N–C) groups is 1. The van der Waals surface area contributed by atoms with Gasteiger partial charge in [-0.3, -0.25) is 4.99 Å². The Morgan fingerprint density at radius 3 is 2.32 bits per heavy atom. The molecule has 0 fully saturated rings. The molecule has 31 heavy (non-hydrogen) atoms. The minimum atomic E-state index is -0.541. The van der Waals surface area contributed by atoms with Gasteiger partial charge in [0.25, 0.3) is 0 Å². The first-order valence-electron chi connectivity index (χ1n) is 9.23. The van der Waals surface area contributed by atoms with Gasteiger partial charge in [-0.1, -0.05) is 12.1 Å². The monoisotopic (exact) mass is 481 g/mol. The number of phenols is 1. The number of rotatable bonds is 7. The fraction of sp³-hybridized carbons (Fsp3) is 0.0833. The Balaban J connectivity index is 1.73. The van der Waals surface area contributed by atoms with E-state index in [9.17, 15) is 9.90 Å². The molecule has 3 aromatic carbocycles. The van der Waals surface area contributed by atoms with Crippen molar-refractivity contribution in [2.45, 2.75) is 0 Å². The van der Waals surface area contributed by atoms with Crippen molar-refractivity contribution in [3.8, 4) is 23.0 Å². The van der Waals surface area contributed by atoms with E-state index in [1.807, 2.05) is 24.3 Å². The quantitative estimate of drug-likeness (QED) is 0.207. The zero-order chi connectivity index (χ0) is 22.2. The molecule has 0 aliphatic rings. The number of ether oxygens (including phenoxy) is 3. The first-order chi connectivity index (χ1) is 15.0. The molecule has 0 aliphatic carbocycles. The average molecular weight is 482 g/mol. The maximum Gasteiger partial charge on any atom is 0.336 e. The van der Waals surface area contributed by atoms with Crippen molar-refractivity contribution >= 4 is 39.9 Å². The molecular weight excluding hydrogens is 462 g/mol. The standard InChI is InChI=1S/C24H20BrNO5/c1-29-20-10-3-16(4-11-20)5-12-23(28)31-24-21(25)13-17(14-22(24)30-2)15-26-18-6-8-19(27)9-7-18/h3-15,27H,1-2H3/b12-5+,26-15+. The summed E-state index contributed by atoms with van der Waals surface area (Å²) in [5.74, 6) is 1.03. The first kappa shape index (κ1) is 22.1. The van der Waals surface area contributed by atoms with Crippen LogP contribution in [0.3, 0.4) is 0 Å². The van der Waals surface area contributed by atoms with Crippen molar-refractivity contribution in [3.05, 3.63) is 82.3 Å². The second-order valence-corrected chi connectivity index (χ2v) is 7.19. The molecule has 0 atom stereocenters. The second-order valence-electron chi connectivity index (χ2n) is 6.34. The second kappa shape index (κ2) is 10.4. The normalized spacial score (nSPS) is 11.1. The van der Waals surface area contributed by atoms with E-state index in [4.69, 9.17) is 14.2 Å². The van der Waals surface area contributed by atoms with Gasteiger partial charge in [0.2, 0.25) is 0 Å². The Morgan fingerprint density at radius 2 is 1.68 bits per heavy atom. The lowest BCUT2D eigenvalue weighted by molar-refractivity contribution is -0.129. The predicted molar refractivity (Wildman–Crippen MR) is 124 cm³/mol. The number of halogens is 1. The fourth-order valence-corrected chi connectivity index (χ4v) is 3.16. The van der Waals surface area contributed by atoms with Gasteiger partial charge < -0.3 is 19.3 Å². The number of benzene rings is 3. The zero-order valence-corrected chi connectivity index (χ0v) is 18.5. The number of esters is 1. The van der Waals surface area contributed by atoms with E-state index in [0.717, 1.165) is 16.9 Å². The third kappa shape index (κ3) is 6.20. The number of hydrogen-bond acceptors (Lipinski definition) is 6. The molecular formula is C24H20BrNO5. The summed E-state index contributed by atoms with van der Waals surface area (Å²) in [6, 6.07) is 17.3. The van der Waals surface area contributed by atoms with Crippen LogP contribution in [0.1, 0.15) is 11.1 Å². The maximum atomic E-state index is 12.3. The molecule has 0 spiro atoms. The van der Waals surface area contributed by atoms with Crippen molar-refractivity contribution in [3.63, 3.8) is 0 Å². The number of aromatic hydroxyl groups is 1. The summed E-state index contributed by atoms with van der Waals surface area (Å²) < 4.78 is 16.5. The van der Waals surface area contributed by atoms with Gasteiger partial charge in [-0.2, -0.15) is 0 Å². The largest absolute Gasteiger partial charge is 0.508 e. The molecule has 6 nitrogen and oxygen atoms in total. The van der Waals surface area contributed by atoms with E-state index in [1.54, 1.807) is 55.8 Å². The van der Waals surface area contributed by atoms with Gasteiger partial charge in [-0.25, -0.2) is 4.79 Å². The lowest BCUT2D eigenvalue weighted by Crippen LogP contribution is -2.06. The Morgan fingerprint density at radius 1 is 0.968 bits per heavy atom. The Kier molecular flexibility index (Phi) is 7.45. The number of carbonyl (C=O) groups is 1. The van der Waals surface area contributed by atoms with Crippen LogP contribution >= 0.6 is 15.9 Å². The van der Waals surface area contributed by atoms with Crippen molar-refractivity contribution in [2.24, 2.45) is 4.99 Å². The van der Waals surface area contributed by atoms with E-state index in [-0.39, 0.29) is 11.5 Å². The van der Waals surface area contributed by atoms with E-state index in [0.29, 0.717) is 15.9 Å². The van der Waals surface area contributed by atoms with Crippen LogP contribution in [0.25, 0.3) is 6.08 Å². The molecule has 0 bridgehead atoms. The molecule has 0 aromatic heterocycles. The maximum absolute atomic E-state index is 12.3. The van der Waals surface area contributed by atoms with Crippen molar-refractivity contribution < 1.29 is 24.1 Å². The third-order valence-electron chi connectivity index (χ3n) is 4.19. The highest BCUT2D eigenvalue weighted by Gasteiger charge is 2.14. The fourth-order valence-electron chi connectivity index (χ4n) is 2.62. The van der Waals surface area contributed by atoms with Crippen LogP contribution in [0.15, 0.2) is 76.2 Å². The number of hydrogen-bond donors (Lipinski definition) is 1. The number of carbonyl (C=O) groups excluding carboxylic acids is 1. The summed E-state index contributed by atoms with van der Waals surface area (Å²) in [6.45, 7) is 0. The lowest BCUT2D eigenvalue weighted by Gasteiger charge is -2.11. The van der Waals surface area contributed by atoms with Gasteiger partial charge in [-0.15, -0.1) is 0 Å². The topological polar surface area (TPSA) is 77.4 Å². The van der Waals surface area contributed by atoms with Gasteiger partial charge >= 0.3 is 5.97 Å². The van der Waals surface area contributed by atoms with Crippen LogP contribution in [0.2, 0.25) is 0 Å². The molecule has 0 aliphatic heterocycles. The van der Waals surface area contributed by atoms with Gasteiger partial charge in [0.1, 0.15) is 11.5 Å². The van der Waals surface area contributed by atoms with Crippen molar-refractivity contribution in [1.82, 2.24) is 0 Å². The molecule has 7 heteroatoms. The Hall–Kier alpha value is -3.58. The van der Waals surface area contributed by atoms with Crippen LogP contribution in [0, 0.1) is 0 Å². The molecule has 0 heterocycles. The SMILES string of the molecule is COc1ccc(/C=C/C(=O)Oc2c(Br)cc(/C=N/c3ccc(O)cc3)cc2OC)cc1. The molecule has 0 radical (unpaired) electrons. The third-order valence-corrected chi connectivity index (χ3v) is 4.78. The summed E-state index contributed by atoms with van der Waals surface area (Å²) in [5.41, 5.74) is 2.27. The molecule has 158 valence electrons. The predicted octanol–water partition coefficient (Wildman–Crippen LogP) is 5.54. The Labute approximate surface area is 188 Å². The highest BCUT2D eigenvalue weighted by atomic mass is 79.9. The average Bonchev–Trinajstić information content (AvgIpc) is 2.79. The smallest absolute Gasteiger partial charge is 0.336 e. The minimum absolute atomic E-state index is 0.176. The molecule has 0 amide bonds. The summed E-state index contributed by atoms with van der Waals surface area (Å²) in [4.78, 5) is 16.7. The van der Waals surface area contributed by atoms with Crippen LogP contribution in [0.4, 0.5) is 5.69 Å². The zero-order valence-electron chi connectivity index (χ0n) is 16.9. The van der Waals surface area contributed by atoms with Gasteiger partial charge in [0.05, 0.1) is 24.4 Å². The molecule has 0 saturated heterocycles. The Bertz CT molecular complexity index is 1110. The van der Waals surface area contributed by atoms with Crippen LogP contribution in [-0.4, -0.2) is 31.5 Å². The minimum Gasteiger partial charge on any atom is -0.508 e. The molecule has 3 rings (SSSR count). The number of methoxy groups -OCH3 is 2. The molecule has 1 N–H and O–H groups in total. The lowest BCUT2D eigenvalue weighted by atomic mass is 10.2. The highest BCUT2D eigenvalue weighted by Crippen LogP contribution is 2.36. The van der Waals surface area contributed by atoms with Crippen molar-refractivity contribution in [2.75, 3.05) is 14.2 Å². The molecule has 0 saturated carbocycles. The first-order valence-corrected chi connectivity index (χ1v) is 10.0. The van der Waals surface area contributed by atoms with E-state index >= 15 is 0 Å². The van der Waals surface area contributed by atoms with Crippen LogP contribution in [-0.2, 0) is 4.79 Å². The van der Waals surface area contributed by atoms with E-state index in [2.05, 4.69) is 20.9 Å². The molecule has 3 aromatic rings. The summed E-state index contributed by atoms with van der Waals surface area (Å²) in [6.07, 6.45) is 4.64. The van der Waals surface area contributed by atoms with E-state index in [1.165, 1.54) is 13.2 Å². The van der Waals surface area contributed by atoms with Crippen molar-refractivity contribution in [1.29, 1.82) is 0 Å². The van der Waals surface area contributed by atoms with Crippen LogP contribution < -0.4 is 14.2 Å². The van der Waals surface area contributed by atoms with E-state index < -0.39 is 5.97 Å². The number of phenolic OH excluding ortho intramolecular Hbond substituents is 1. The molecule has 0 unspecified atom stereocenters. The summed E-state index contributed by atoms with van der Waals surface area (Å²) in [7, 11) is 3.09. The van der Waals surface area contributed by atoms with Crippen LogP contribution in [0.5, 0.6) is 23.0 Å². The summed E-state index contributed by atoms with van der Waals surface area (Å²) in [5, 5.41) is 9.35. The van der Waals surface area contributed by atoms with Gasteiger partial charge in [-0.05, 0) is 81.7 Å².